The Labute approximate surface area is 194 Å². The third-order valence-electron chi connectivity index (χ3n) is 5.32. The van der Waals surface area contributed by atoms with Crippen molar-refractivity contribution in [3.8, 4) is 0 Å². The lowest BCUT2D eigenvalue weighted by atomic mass is 10.2. The largest absolute Gasteiger partial charge is 0.354 e. The number of hydrogen-bond donors (Lipinski definition) is 1. The van der Waals surface area contributed by atoms with Gasteiger partial charge in [0, 0.05) is 45.0 Å². The minimum atomic E-state index is -0.387. The number of benzene rings is 1. The highest BCUT2D eigenvalue weighted by atomic mass is 32.2. The molecule has 3 heterocycles. The number of hydrogen-bond acceptors (Lipinski definition) is 6. The number of para-hydroxylation sites is 2. The molecule has 0 spiro atoms. The molecular formula is C23H23N5O4S. The molecule has 1 N–H and O–H groups in total. The summed E-state index contributed by atoms with van der Waals surface area (Å²) in [5.74, 6) is -0.643. The van der Waals surface area contributed by atoms with Gasteiger partial charge >= 0.3 is 5.69 Å². The number of nitrogens with zero attached hydrogens (tertiary/aromatic N) is 4. The summed E-state index contributed by atoms with van der Waals surface area (Å²) in [5.41, 5.74) is 2.21. The van der Waals surface area contributed by atoms with E-state index >= 15 is 0 Å². The SMILES string of the molecule is CCn1c(=O)n(CCC(=O)NCCN2C(=O)S/C(=C/c3cccnc3)C2=O)c2ccccc21. The second kappa shape index (κ2) is 9.86. The first-order valence-corrected chi connectivity index (χ1v) is 11.4. The number of aromatic nitrogens is 3. The van der Waals surface area contributed by atoms with Crippen LogP contribution in [-0.4, -0.2) is 49.2 Å². The van der Waals surface area contributed by atoms with E-state index in [4.69, 9.17) is 0 Å². The van der Waals surface area contributed by atoms with Crippen LogP contribution in [0.15, 0.2) is 58.5 Å². The minimum Gasteiger partial charge on any atom is -0.354 e. The highest BCUT2D eigenvalue weighted by Gasteiger charge is 2.34. The van der Waals surface area contributed by atoms with Crippen molar-refractivity contribution in [2.24, 2.45) is 0 Å². The fraction of sp³-hybridized carbons (Fsp3) is 0.261. The molecule has 4 rings (SSSR count). The van der Waals surface area contributed by atoms with Gasteiger partial charge in [0.2, 0.25) is 5.91 Å². The number of thioether (sulfide) groups is 1. The van der Waals surface area contributed by atoms with Crippen LogP contribution in [0.4, 0.5) is 4.79 Å². The standard InChI is InChI=1S/C23H23N5O4S/c1-2-26-17-7-3-4-8-18(17)27(22(26)31)12-9-20(29)25-11-13-28-21(30)19(33-23(28)32)14-16-6-5-10-24-15-16/h3-8,10,14-15H,2,9,11-13H2,1H3,(H,25,29)/b19-14+. The topological polar surface area (TPSA) is 106 Å². The van der Waals surface area contributed by atoms with Crippen LogP contribution < -0.4 is 11.0 Å². The number of fused-ring (bicyclic) bond motifs is 1. The molecule has 0 radical (unpaired) electrons. The van der Waals surface area contributed by atoms with Crippen molar-refractivity contribution in [2.45, 2.75) is 26.4 Å². The van der Waals surface area contributed by atoms with E-state index in [0.29, 0.717) is 11.4 Å². The molecule has 1 aliphatic heterocycles. The van der Waals surface area contributed by atoms with Gasteiger partial charge in [0.15, 0.2) is 0 Å². The lowest BCUT2D eigenvalue weighted by Gasteiger charge is -2.13. The average molecular weight is 466 g/mol. The smallest absolute Gasteiger partial charge is 0.329 e. The monoisotopic (exact) mass is 465 g/mol. The van der Waals surface area contributed by atoms with Crippen LogP contribution in [0.25, 0.3) is 17.1 Å². The van der Waals surface area contributed by atoms with Crippen molar-refractivity contribution in [2.75, 3.05) is 13.1 Å². The summed E-state index contributed by atoms with van der Waals surface area (Å²) < 4.78 is 3.27. The molecule has 10 heteroatoms. The van der Waals surface area contributed by atoms with Crippen LogP contribution in [0.3, 0.4) is 0 Å². The zero-order chi connectivity index (χ0) is 23.4. The maximum absolute atomic E-state index is 12.7. The summed E-state index contributed by atoms with van der Waals surface area (Å²) in [6, 6.07) is 11.0. The maximum atomic E-state index is 12.7. The Morgan fingerprint density at radius 1 is 1.06 bits per heavy atom. The summed E-state index contributed by atoms with van der Waals surface area (Å²) in [5, 5.41) is 2.36. The van der Waals surface area contributed by atoms with Crippen LogP contribution in [-0.2, 0) is 22.7 Å². The summed E-state index contributed by atoms with van der Waals surface area (Å²) in [6.07, 6.45) is 4.97. The molecule has 33 heavy (non-hydrogen) atoms. The minimum absolute atomic E-state index is 0.0792. The number of aryl methyl sites for hydroxylation is 2. The predicted octanol–water partition coefficient (Wildman–Crippen LogP) is 2.46. The first-order valence-electron chi connectivity index (χ1n) is 10.6. The van der Waals surface area contributed by atoms with Gasteiger partial charge in [-0.3, -0.25) is 33.4 Å². The first kappa shape index (κ1) is 22.5. The quantitative estimate of drug-likeness (QED) is 0.512. The van der Waals surface area contributed by atoms with Crippen molar-refractivity contribution in [3.05, 3.63) is 69.7 Å². The van der Waals surface area contributed by atoms with Gasteiger partial charge in [-0.15, -0.1) is 0 Å². The first-order chi connectivity index (χ1) is 16.0. The Kier molecular flexibility index (Phi) is 6.74. The Bertz CT molecular complexity index is 1300. The number of pyridine rings is 1. The lowest BCUT2D eigenvalue weighted by Crippen LogP contribution is -2.37. The number of nitrogens with one attached hydrogen (secondary N) is 1. The van der Waals surface area contributed by atoms with Gasteiger partial charge in [-0.25, -0.2) is 4.79 Å². The number of imidazole rings is 1. The van der Waals surface area contributed by atoms with Gasteiger partial charge in [-0.2, -0.15) is 0 Å². The highest BCUT2D eigenvalue weighted by Crippen LogP contribution is 2.31. The van der Waals surface area contributed by atoms with Gasteiger partial charge in [0.05, 0.1) is 15.9 Å². The molecule has 0 atom stereocenters. The van der Waals surface area contributed by atoms with E-state index in [0.717, 1.165) is 33.3 Å². The van der Waals surface area contributed by atoms with Crippen LogP contribution in [0, 0.1) is 0 Å². The zero-order valence-electron chi connectivity index (χ0n) is 18.1. The second-order valence-electron chi connectivity index (χ2n) is 7.39. The Hall–Kier alpha value is -3.66. The third-order valence-corrected chi connectivity index (χ3v) is 6.22. The van der Waals surface area contributed by atoms with E-state index < -0.39 is 0 Å². The third kappa shape index (κ3) is 4.75. The maximum Gasteiger partial charge on any atom is 0.329 e. The number of imide groups is 1. The number of rotatable bonds is 8. The van der Waals surface area contributed by atoms with Crippen LogP contribution in [0.5, 0.6) is 0 Å². The van der Waals surface area contributed by atoms with Crippen molar-refractivity contribution in [3.63, 3.8) is 0 Å². The number of carbonyl (C=O) groups is 3. The van der Waals surface area contributed by atoms with Crippen molar-refractivity contribution in [1.29, 1.82) is 0 Å². The Morgan fingerprint density at radius 2 is 1.82 bits per heavy atom. The molecule has 0 bridgehead atoms. The van der Waals surface area contributed by atoms with Gasteiger partial charge in [-0.05, 0) is 48.5 Å². The highest BCUT2D eigenvalue weighted by molar-refractivity contribution is 8.18. The molecule has 1 fully saturated rings. The molecule has 0 aliphatic carbocycles. The molecule has 1 saturated heterocycles. The van der Waals surface area contributed by atoms with Crippen LogP contribution in [0.2, 0.25) is 0 Å². The Morgan fingerprint density at radius 3 is 2.52 bits per heavy atom. The van der Waals surface area contributed by atoms with Gasteiger partial charge < -0.3 is 5.32 Å². The van der Waals surface area contributed by atoms with Crippen molar-refractivity contribution in [1.82, 2.24) is 24.3 Å². The van der Waals surface area contributed by atoms with Crippen molar-refractivity contribution < 1.29 is 14.4 Å². The lowest BCUT2D eigenvalue weighted by molar-refractivity contribution is -0.124. The molecule has 9 nitrogen and oxygen atoms in total. The normalized spacial score (nSPS) is 15.1. The zero-order valence-corrected chi connectivity index (χ0v) is 18.9. The summed E-state index contributed by atoms with van der Waals surface area (Å²) in [4.78, 5) is 55.2. The van der Waals surface area contributed by atoms with E-state index in [1.807, 2.05) is 31.2 Å². The Balaban J connectivity index is 1.32. The van der Waals surface area contributed by atoms with E-state index in [9.17, 15) is 19.2 Å². The van der Waals surface area contributed by atoms with E-state index in [1.165, 1.54) is 0 Å². The molecule has 0 unspecified atom stereocenters. The van der Waals surface area contributed by atoms with Crippen LogP contribution >= 0.6 is 11.8 Å². The molecular weight excluding hydrogens is 442 g/mol. The molecule has 3 amide bonds. The second-order valence-corrected chi connectivity index (χ2v) is 8.38. The van der Waals surface area contributed by atoms with E-state index in [2.05, 4.69) is 10.3 Å². The number of carbonyl (C=O) groups excluding carboxylic acids is 3. The van der Waals surface area contributed by atoms with Crippen LogP contribution in [0.1, 0.15) is 18.9 Å². The molecule has 3 aromatic rings. The fourth-order valence-corrected chi connectivity index (χ4v) is 4.57. The predicted molar refractivity (Wildman–Crippen MR) is 126 cm³/mol. The molecule has 1 aliphatic rings. The number of amides is 3. The molecule has 170 valence electrons. The summed E-state index contributed by atoms with van der Waals surface area (Å²) >= 11 is 0.868. The summed E-state index contributed by atoms with van der Waals surface area (Å²) in [7, 11) is 0. The molecule has 1 aromatic carbocycles. The van der Waals surface area contributed by atoms with E-state index in [-0.39, 0.29) is 48.8 Å². The van der Waals surface area contributed by atoms with Gasteiger partial charge in [-0.1, -0.05) is 18.2 Å². The fourth-order valence-electron chi connectivity index (χ4n) is 3.71. The molecule has 2 aromatic heterocycles. The van der Waals surface area contributed by atoms with Gasteiger partial charge in [0.1, 0.15) is 0 Å². The van der Waals surface area contributed by atoms with E-state index in [1.54, 1.807) is 39.7 Å². The average Bonchev–Trinajstić information content (AvgIpc) is 3.25. The van der Waals surface area contributed by atoms with Gasteiger partial charge in [0.25, 0.3) is 11.1 Å². The van der Waals surface area contributed by atoms with Crippen molar-refractivity contribution >= 4 is 45.9 Å². The summed E-state index contributed by atoms with van der Waals surface area (Å²) in [6.45, 7) is 2.92. The molecule has 0 saturated carbocycles.